The number of phenols is 3. The molecule has 1 saturated heterocycles. The third-order valence-corrected chi connectivity index (χ3v) is 3.29. The minimum absolute atomic E-state index is 0.344. The van der Waals surface area contributed by atoms with E-state index in [1.165, 1.54) is 7.11 Å². The Kier molecular flexibility index (Phi) is 4.92. The number of benzene rings is 1. The largest absolute Gasteiger partial charge is 0.504 e. The van der Waals surface area contributed by atoms with Gasteiger partial charge in [-0.25, -0.2) is 4.79 Å². The number of phenolic OH excluding ortho intramolecular Hbond substituents is 3. The lowest BCUT2D eigenvalue weighted by atomic mass is 10.0. The second-order valence-corrected chi connectivity index (χ2v) is 4.85. The minimum atomic E-state index is -1.75. The first-order valence-electron chi connectivity index (χ1n) is 6.44. The topological polar surface area (TPSA) is 166 Å². The number of aliphatic hydroxyl groups excluding tert-OH is 3. The van der Waals surface area contributed by atoms with Crippen LogP contribution in [0.4, 0.5) is 0 Å². The highest BCUT2D eigenvalue weighted by Crippen LogP contribution is 2.35. The van der Waals surface area contributed by atoms with Crippen molar-refractivity contribution < 1.29 is 49.6 Å². The summed E-state index contributed by atoms with van der Waals surface area (Å²) < 4.78 is 14.6. The summed E-state index contributed by atoms with van der Waals surface area (Å²) in [5, 5.41) is 56.9. The number of ether oxygens (including phenoxy) is 3. The summed E-state index contributed by atoms with van der Waals surface area (Å²) in [5.74, 6) is -3.45. The van der Waals surface area contributed by atoms with E-state index in [0.29, 0.717) is 0 Å². The summed E-state index contributed by atoms with van der Waals surface area (Å²) in [6, 6.07) is 1.65. The average Bonchev–Trinajstić information content (AvgIpc) is 2.52. The number of aromatic hydroxyl groups is 3. The molecule has 10 nitrogen and oxygen atoms in total. The highest BCUT2D eigenvalue weighted by Gasteiger charge is 2.46. The van der Waals surface area contributed by atoms with Crippen LogP contribution in [0.2, 0.25) is 0 Å². The van der Waals surface area contributed by atoms with Crippen LogP contribution in [-0.4, -0.2) is 74.6 Å². The third kappa shape index (κ3) is 3.30. The lowest BCUT2D eigenvalue weighted by molar-refractivity contribution is -0.333. The first-order chi connectivity index (χ1) is 10.8. The number of methoxy groups -OCH3 is 1. The Morgan fingerprint density at radius 3 is 2.04 bits per heavy atom. The van der Waals surface area contributed by atoms with Gasteiger partial charge in [-0.05, 0) is 12.1 Å². The van der Waals surface area contributed by atoms with Crippen molar-refractivity contribution >= 4 is 5.97 Å². The predicted molar refractivity (Wildman–Crippen MR) is 70.5 cm³/mol. The van der Waals surface area contributed by atoms with Crippen LogP contribution in [0, 0.1) is 0 Å². The summed E-state index contributed by atoms with van der Waals surface area (Å²) in [5.41, 5.74) is -0.344. The zero-order valence-electron chi connectivity index (χ0n) is 11.9. The molecule has 128 valence electrons. The predicted octanol–water partition coefficient (Wildman–Crippen LogP) is -1.63. The van der Waals surface area contributed by atoms with Gasteiger partial charge in [-0.1, -0.05) is 0 Å². The SMILES string of the molecule is CO[C@H]1O[C@@H](OC(=O)c2cc(O)c(O)c(O)c2)[C@H](O)[C@@H](O)[C@@H]1O. The van der Waals surface area contributed by atoms with Gasteiger partial charge < -0.3 is 44.8 Å². The Bertz CT molecular complexity index is 563. The second-order valence-electron chi connectivity index (χ2n) is 4.85. The van der Waals surface area contributed by atoms with Gasteiger partial charge in [0.25, 0.3) is 0 Å². The maximum Gasteiger partial charge on any atom is 0.340 e. The normalized spacial score (nSPS) is 30.9. The van der Waals surface area contributed by atoms with Crippen LogP contribution in [0.1, 0.15) is 10.4 Å². The molecule has 0 radical (unpaired) electrons. The molecule has 0 amide bonds. The number of aliphatic hydroxyl groups is 3. The number of rotatable bonds is 3. The molecule has 0 aromatic heterocycles. The molecule has 1 aromatic carbocycles. The maximum atomic E-state index is 12.0. The van der Waals surface area contributed by atoms with Crippen molar-refractivity contribution in [3.8, 4) is 17.2 Å². The number of carbonyl (C=O) groups excluding carboxylic acids is 1. The van der Waals surface area contributed by atoms with E-state index in [2.05, 4.69) is 0 Å². The smallest absolute Gasteiger partial charge is 0.340 e. The van der Waals surface area contributed by atoms with E-state index in [9.17, 15) is 35.4 Å². The lowest BCUT2D eigenvalue weighted by Crippen LogP contribution is -2.59. The maximum absolute atomic E-state index is 12.0. The van der Waals surface area contributed by atoms with E-state index in [1.54, 1.807) is 0 Å². The number of esters is 1. The Balaban J connectivity index is 2.16. The van der Waals surface area contributed by atoms with Gasteiger partial charge in [0.05, 0.1) is 5.56 Å². The summed E-state index contributed by atoms with van der Waals surface area (Å²) >= 11 is 0. The average molecular weight is 332 g/mol. The molecule has 0 aliphatic carbocycles. The van der Waals surface area contributed by atoms with Crippen molar-refractivity contribution in [1.29, 1.82) is 0 Å². The van der Waals surface area contributed by atoms with Crippen LogP contribution in [0.25, 0.3) is 0 Å². The van der Waals surface area contributed by atoms with Gasteiger partial charge in [0.2, 0.25) is 6.29 Å². The Morgan fingerprint density at radius 1 is 1.00 bits per heavy atom. The fourth-order valence-electron chi connectivity index (χ4n) is 2.01. The molecular weight excluding hydrogens is 316 g/mol. The van der Waals surface area contributed by atoms with Gasteiger partial charge in [-0.3, -0.25) is 0 Å². The van der Waals surface area contributed by atoms with Gasteiger partial charge in [0.15, 0.2) is 23.5 Å². The van der Waals surface area contributed by atoms with Gasteiger partial charge >= 0.3 is 5.97 Å². The molecule has 23 heavy (non-hydrogen) atoms. The highest BCUT2D eigenvalue weighted by atomic mass is 16.8. The van der Waals surface area contributed by atoms with Crippen molar-refractivity contribution in [2.75, 3.05) is 7.11 Å². The van der Waals surface area contributed by atoms with Crippen LogP contribution in [0.5, 0.6) is 17.2 Å². The van der Waals surface area contributed by atoms with Crippen molar-refractivity contribution in [2.45, 2.75) is 30.9 Å². The number of hydrogen-bond acceptors (Lipinski definition) is 10. The van der Waals surface area contributed by atoms with Crippen molar-refractivity contribution in [3.63, 3.8) is 0 Å². The molecule has 0 spiro atoms. The molecule has 1 aromatic rings. The van der Waals surface area contributed by atoms with Crippen molar-refractivity contribution in [1.82, 2.24) is 0 Å². The van der Waals surface area contributed by atoms with E-state index in [-0.39, 0.29) is 5.56 Å². The third-order valence-electron chi connectivity index (χ3n) is 3.29. The minimum Gasteiger partial charge on any atom is -0.504 e. The van der Waals surface area contributed by atoms with Crippen LogP contribution in [0.15, 0.2) is 12.1 Å². The summed E-state index contributed by atoms with van der Waals surface area (Å²) in [6.45, 7) is 0. The van der Waals surface area contributed by atoms with Crippen molar-refractivity contribution in [3.05, 3.63) is 17.7 Å². The van der Waals surface area contributed by atoms with E-state index < -0.39 is 54.1 Å². The standard InChI is InChI=1S/C13H16O10/c1-21-12-9(18)8(17)10(19)13(23-12)22-11(20)4-2-5(14)7(16)6(15)3-4/h2-3,8-10,12-19H,1H3/t8-,9-,10+,12-,13+/m0/s1. The zero-order valence-corrected chi connectivity index (χ0v) is 11.9. The van der Waals surface area contributed by atoms with E-state index in [0.717, 1.165) is 12.1 Å². The zero-order chi connectivity index (χ0) is 17.3. The van der Waals surface area contributed by atoms with Crippen LogP contribution >= 0.6 is 0 Å². The molecule has 2 rings (SSSR count). The van der Waals surface area contributed by atoms with Crippen molar-refractivity contribution in [2.24, 2.45) is 0 Å². The molecule has 0 unspecified atom stereocenters. The molecule has 1 aliphatic heterocycles. The molecule has 1 heterocycles. The first-order valence-corrected chi connectivity index (χ1v) is 6.44. The molecule has 10 heteroatoms. The molecule has 0 bridgehead atoms. The van der Waals surface area contributed by atoms with E-state index >= 15 is 0 Å². The summed E-state index contributed by atoms with van der Waals surface area (Å²) in [7, 11) is 1.17. The second kappa shape index (κ2) is 6.56. The van der Waals surface area contributed by atoms with E-state index in [4.69, 9.17) is 14.2 Å². The molecule has 1 fully saturated rings. The van der Waals surface area contributed by atoms with Crippen LogP contribution in [-0.2, 0) is 14.2 Å². The van der Waals surface area contributed by atoms with E-state index in [1.807, 2.05) is 0 Å². The highest BCUT2D eigenvalue weighted by molar-refractivity contribution is 5.91. The molecule has 1 aliphatic rings. The van der Waals surface area contributed by atoms with Crippen LogP contribution < -0.4 is 0 Å². The molecule has 0 saturated carbocycles. The Hall–Kier alpha value is -2.11. The quantitative estimate of drug-likeness (QED) is 0.279. The van der Waals surface area contributed by atoms with Gasteiger partial charge in [0.1, 0.15) is 18.3 Å². The number of carbonyl (C=O) groups is 1. The first kappa shape index (κ1) is 17.2. The fraction of sp³-hybridized carbons (Fsp3) is 0.462. The Labute approximate surface area is 129 Å². The summed E-state index contributed by atoms with van der Waals surface area (Å²) in [6.07, 6.45) is -7.99. The van der Waals surface area contributed by atoms with Crippen LogP contribution in [0.3, 0.4) is 0 Å². The molecular formula is C13H16O10. The fourth-order valence-corrected chi connectivity index (χ4v) is 2.01. The monoisotopic (exact) mass is 332 g/mol. The summed E-state index contributed by atoms with van der Waals surface area (Å²) in [4.78, 5) is 12.0. The number of hydrogen-bond donors (Lipinski definition) is 6. The molecule has 6 N–H and O–H groups in total. The Morgan fingerprint density at radius 2 is 1.52 bits per heavy atom. The van der Waals surface area contributed by atoms with Gasteiger partial charge in [-0.15, -0.1) is 0 Å². The van der Waals surface area contributed by atoms with Gasteiger partial charge in [0, 0.05) is 7.11 Å². The molecule has 5 atom stereocenters. The lowest BCUT2D eigenvalue weighted by Gasteiger charge is -2.38. The van der Waals surface area contributed by atoms with Gasteiger partial charge in [-0.2, -0.15) is 0 Å².